The van der Waals surface area contributed by atoms with Gasteiger partial charge in [-0.15, -0.1) is 0 Å². The first-order valence-electron chi connectivity index (χ1n) is 6.98. The number of carbonyl (C=O) groups is 1. The van der Waals surface area contributed by atoms with Crippen LogP contribution < -0.4 is 5.32 Å². The van der Waals surface area contributed by atoms with Gasteiger partial charge in [0.05, 0.1) is 6.10 Å². The molecule has 1 aromatic carbocycles. The van der Waals surface area contributed by atoms with E-state index in [2.05, 4.69) is 5.32 Å². The summed E-state index contributed by atoms with van der Waals surface area (Å²) in [7, 11) is 0. The van der Waals surface area contributed by atoms with Gasteiger partial charge in [-0.1, -0.05) is 25.3 Å². The zero-order chi connectivity index (χ0) is 14.5. The highest BCUT2D eigenvalue weighted by atomic mass is 19.1. The Hall–Kier alpha value is -1.49. The molecule has 1 unspecified atom stereocenters. The number of carbonyl (C=O) groups excluding carboxylic acids is 1. The summed E-state index contributed by atoms with van der Waals surface area (Å²) in [5, 5.41) is 12.5. The van der Waals surface area contributed by atoms with Crippen LogP contribution in [0.1, 0.15) is 43.8 Å². The number of hydrogen-bond donors (Lipinski definition) is 2. The van der Waals surface area contributed by atoms with Gasteiger partial charge >= 0.3 is 0 Å². The largest absolute Gasteiger partial charge is 0.386 e. The summed E-state index contributed by atoms with van der Waals surface area (Å²) in [4.78, 5) is 11.9. The molecular weight excluding hydrogens is 264 g/mol. The van der Waals surface area contributed by atoms with Crippen molar-refractivity contribution in [1.82, 2.24) is 5.32 Å². The minimum Gasteiger partial charge on any atom is -0.386 e. The molecule has 1 saturated carbocycles. The van der Waals surface area contributed by atoms with Gasteiger partial charge in [0.2, 0.25) is 5.91 Å². The topological polar surface area (TPSA) is 49.3 Å². The molecule has 1 aromatic rings. The van der Waals surface area contributed by atoms with Crippen LogP contribution in [0.4, 0.5) is 8.78 Å². The molecule has 1 aliphatic rings. The maximum absolute atomic E-state index is 13.5. The van der Waals surface area contributed by atoms with Gasteiger partial charge in [0.1, 0.15) is 11.6 Å². The van der Waals surface area contributed by atoms with Crippen molar-refractivity contribution in [2.45, 2.75) is 38.2 Å². The lowest BCUT2D eigenvalue weighted by molar-refractivity contribution is -0.126. The quantitative estimate of drug-likeness (QED) is 0.892. The van der Waals surface area contributed by atoms with Crippen molar-refractivity contribution in [2.24, 2.45) is 5.92 Å². The molecule has 3 nitrogen and oxygen atoms in total. The second-order valence-electron chi connectivity index (χ2n) is 5.26. The average molecular weight is 283 g/mol. The predicted octanol–water partition coefficient (Wildman–Crippen LogP) is 2.69. The summed E-state index contributed by atoms with van der Waals surface area (Å²) < 4.78 is 26.2. The van der Waals surface area contributed by atoms with Gasteiger partial charge in [-0.3, -0.25) is 4.79 Å². The van der Waals surface area contributed by atoms with Crippen molar-refractivity contribution in [3.63, 3.8) is 0 Å². The lowest BCUT2D eigenvalue weighted by atomic mass is 9.88. The van der Waals surface area contributed by atoms with E-state index in [4.69, 9.17) is 0 Å². The Morgan fingerprint density at radius 2 is 2.00 bits per heavy atom. The van der Waals surface area contributed by atoms with E-state index in [9.17, 15) is 18.7 Å². The van der Waals surface area contributed by atoms with Gasteiger partial charge in [-0.25, -0.2) is 8.78 Å². The minimum absolute atomic E-state index is 0.00431. The Bertz CT molecular complexity index is 473. The van der Waals surface area contributed by atoms with E-state index in [1.165, 1.54) is 6.07 Å². The summed E-state index contributed by atoms with van der Waals surface area (Å²) >= 11 is 0. The predicted molar refractivity (Wildman–Crippen MR) is 70.9 cm³/mol. The second kappa shape index (κ2) is 6.79. The van der Waals surface area contributed by atoms with Gasteiger partial charge in [0, 0.05) is 24.1 Å². The van der Waals surface area contributed by atoms with Crippen molar-refractivity contribution >= 4 is 5.91 Å². The van der Waals surface area contributed by atoms with E-state index in [1.807, 2.05) is 0 Å². The third-order valence-electron chi connectivity index (χ3n) is 3.77. The van der Waals surface area contributed by atoms with Gasteiger partial charge in [-0.2, -0.15) is 0 Å². The van der Waals surface area contributed by atoms with Gasteiger partial charge in [0.15, 0.2) is 0 Å². The Labute approximate surface area is 117 Å². The number of halogens is 2. The zero-order valence-electron chi connectivity index (χ0n) is 11.2. The van der Waals surface area contributed by atoms with Crippen molar-refractivity contribution < 1.29 is 18.7 Å². The molecule has 2 N–H and O–H groups in total. The molecule has 0 aliphatic heterocycles. The Morgan fingerprint density at radius 1 is 1.30 bits per heavy atom. The molecule has 0 spiro atoms. The fourth-order valence-corrected chi connectivity index (χ4v) is 2.59. The first kappa shape index (κ1) is 14.9. The first-order chi connectivity index (χ1) is 9.58. The third-order valence-corrected chi connectivity index (χ3v) is 3.77. The summed E-state index contributed by atoms with van der Waals surface area (Å²) in [5.41, 5.74) is -0.00431. The molecule has 5 heteroatoms. The van der Waals surface area contributed by atoms with Gasteiger partial charge < -0.3 is 10.4 Å². The number of hydrogen-bond acceptors (Lipinski definition) is 2. The average Bonchev–Trinajstić information content (AvgIpc) is 2.45. The Kier molecular flexibility index (Phi) is 5.06. The highest BCUT2D eigenvalue weighted by Gasteiger charge is 2.22. The van der Waals surface area contributed by atoms with Gasteiger partial charge in [0.25, 0.3) is 0 Å². The lowest BCUT2D eigenvalue weighted by Gasteiger charge is -2.21. The minimum atomic E-state index is -1.16. The molecule has 1 atom stereocenters. The molecule has 0 radical (unpaired) electrons. The number of aliphatic hydroxyl groups excluding tert-OH is 1. The molecule has 20 heavy (non-hydrogen) atoms. The van der Waals surface area contributed by atoms with Crippen LogP contribution in [0.25, 0.3) is 0 Å². The fourth-order valence-electron chi connectivity index (χ4n) is 2.59. The second-order valence-corrected chi connectivity index (χ2v) is 5.26. The lowest BCUT2D eigenvalue weighted by Crippen LogP contribution is -2.34. The number of amides is 1. The monoisotopic (exact) mass is 283 g/mol. The molecule has 0 heterocycles. The van der Waals surface area contributed by atoms with E-state index in [0.717, 1.165) is 44.2 Å². The summed E-state index contributed by atoms with van der Waals surface area (Å²) in [6.45, 7) is -0.0577. The Morgan fingerprint density at radius 3 is 2.65 bits per heavy atom. The molecule has 1 aliphatic carbocycles. The summed E-state index contributed by atoms with van der Waals surface area (Å²) in [6, 6.07) is 3.01. The molecule has 0 aromatic heterocycles. The smallest absolute Gasteiger partial charge is 0.223 e. The number of aliphatic hydroxyl groups is 1. The summed E-state index contributed by atoms with van der Waals surface area (Å²) in [5.74, 6) is -1.59. The standard InChI is InChI=1S/C15H19F2NO2/c16-11-6-7-12(13(17)8-11)14(19)9-18-15(20)10-4-2-1-3-5-10/h6-8,10,14,19H,1-5,9H2,(H,18,20). The van der Waals surface area contributed by atoms with E-state index in [-0.39, 0.29) is 23.9 Å². The van der Waals surface area contributed by atoms with Crippen molar-refractivity contribution in [3.05, 3.63) is 35.4 Å². The third kappa shape index (κ3) is 3.76. The van der Waals surface area contributed by atoms with E-state index in [0.29, 0.717) is 0 Å². The van der Waals surface area contributed by atoms with Crippen molar-refractivity contribution in [3.8, 4) is 0 Å². The maximum Gasteiger partial charge on any atom is 0.223 e. The molecule has 110 valence electrons. The van der Waals surface area contributed by atoms with E-state index >= 15 is 0 Å². The number of nitrogens with one attached hydrogen (secondary N) is 1. The number of rotatable bonds is 4. The van der Waals surface area contributed by atoms with Crippen LogP contribution in [0.3, 0.4) is 0 Å². The van der Waals surface area contributed by atoms with Crippen LogP contribution >= 0.6 is 0 Å². The van der Waals surface area contributed by atoms with Crippen LogP contribution in [0.5, 0.6) is 0 Å². The maximum atomic E-state index is 13.5. The molecular formula is C15H19F2NO2. The van der Waals surface area contributed by atoms with Crippen molar-refractivity contribution in [1.29, 1.82) is 0 Å². The summed E-state index contributed by atoms with van der Waals surface area (Å²) in [6.07, 6.45) is 3.83. The van der Waals surface area contributed by atoms with Crippen LogP contribution in [0, 0.1) is 17.6 Å². The van der Waals surface area contributed by atoms with Crippen molar-refractivity contribution in [2.75, 3.05) is 6.54 Å². The van der Waals surface area contributed by atoms with E-state index in [1.54, 1.807) is 0 Å². The molecule has 1 fully saturated rings. The highest BCUT2D eigenvalue weighted by Crippen LogP contribution is 2.24. The van der Waals surface area contributed by atoms with Crippen LogP contribution in [0.15, 0.2) is 18.2 Å². The van der Waals surface area contributed by atoms with E-state index < -0.39 is 17.7 Å². The zero-order valence-corrected chi connectivity index (χ0v) is 11.2. The van der Waals surface area contributed by atoms with Crippen LogP contribution in [-0.4, -0.2) is 17.6 Å². The Balaban J connectivity index is 1.87. The molecule has 2 rings (SSSR count). The SMILES string of the molecule is O=C(NCC(O)c1ccc(F)cc1F)C1CCCCC1. The molecule has 0 bridgehead atoms. The van der Waals surface area contributed by atoms with Gasteiger partial charge in [-0.05, 0) is 18.9 Å². The number of benzene rings is 1. The first-order valence-corrected chi connectivity index (χ1v) is 6.98. The normalized spacial score (nSPS) is 17.8. The van der Waals surface area contributed by atoms with Crippen LogP contribution in [-0.2, 0) is 4.79 Å². The van der Waals surface area contributed by atoms with Crippen LogP contribution in [0.2, 0.25) is 0 Å². The molecule has 1 amide bonds. The fraction of sp³-hybridized carbons (Fsp3) is 0.533. The molecule has 0 saturated heterocycles. The highest BCUT2D eigenvalue weighted by molar-refractivity contribution is 5.78.